The summed E-state index contributed by atoms with van der Waals surface area (Å²) < 4.78 is 0. The van der Waals surface area contributed by atoms with Crippen LogP contribution in [0.15, 0.2) is 34.2 Å². The summed E-state index contributed by atoms with van der Waals surface area (Å²) in [6.07, 6.45) is 0. The van der Waals surface area contributed by atoms with Crippen molar-refractivity contribution in [2.45, 2.75) is 11.8 Å². The highest BCUT2D eigenvalue weighted by atomic mass is 32.2. The third-order valence-corrected chi connectivity index (χ3v) is 3.82. The Morgan fingerprint density at radius 2 is 2.25 bits per heavy atom. The quantitative estimate of drug-likeness (QED) is 0.684. The first-order valence-electron chi connectivity index (χ1n) is 5.10. The second-order valence-electron chi connectivity index (χ2n) is 3.78. The van der Waals surface area contributed by atoms with Gasteiger partial charge in [-0.2, -0.15) is 0 Å². The highest BCUT2D eigenvalue weighted by Gasteiger charge is 2.31. The van der Waals surface area contributed by atoms with Gasteiger partial charge >= 0.3 is 0 Å². The van der Waals surface area contributed by atoms with Crippen molar-refractivity contribution in [3.05, 3.63) is 24.3 Å². The molecule has 5 heteroatoms. The molecule has 0 unspecified atom stereocenters. The number of thioether (sulfide) groups is 1. The Bertz CT molecular complexity index is 486. The maximum absolute atomic E-state index is 11.3. The smallest absolute Gasteiger partial charge is 0.222 e. The first-order chi connectivity index (χ1) is 7.75. The number of anilines is 1. The fraction of sp³-hybridized carbons (Fsp3) is 0.273. The molecule has 0 bridgehead atoms. The Balaban J connectivity index is 1.97. The minimum absolute atomic E-state index is 0.0668. The van der Waals surface area contributed by atoms with E-state index in [0.717, 1.165) is 10.9 Å². The van der Waals surface area contributed by atoms with E-state index in [1.807, 2.05) is 12.1 Å². The van der Waals surface area contributed by atoms with Crippen molar-refractivity contribution in [2.75, 3.05) is 18.2 Å². The van der Waals surface area contributed by atoms with Crippen LogP contribution in [0, 0.1) is 0 Å². The van der Waals surface area contributed by atoms with Crippen molar-refractivity contribution in [3.63, 3.8) is 0 Å². The van der Waals surface area contributed by atoms with Gasteiger partial charge in [0, 0.05) is 11.8 Å². The van der Waals surface area contributed by atoms with E-state index < -0.39 is 0 Å². The highest BCUT2D eigenvalue weighted by Crippen LogP contribution is 2.41. The van der Waals surface area contributed by atoms with Gasteiger partial charge in [0.25, 0.3) is 0 Å². The summed E-state index contributed by atoms with van der Waals surface area (Å²) >= 11 is 1.67. The van der Waals surface area contributed by atoms with Crippen LogP contribution in [-0.4, -0.2) is 29.3 Å². The number of fused-ring (bicyclic) bond motifs is 3. The van der Waals surface area contributed by atoms with Crippen LogP contribution in [0.3, 0.4) is 0 Å². The summed E-state index contributed by atoms with van der Waals surface area (Å²) in [5.74, 6) is 0.0668. The van der Waals surface area contributed by atoms with Gasteiger partial charge < -0.3 is 9.80 Å². The zero-order valence-electron chi connectivity index (χ0n) is 8.88. The van der Waals surface area contributed by atoms with Gasteiger partial charge in [-0.25, -0.2) is 4.99 Å². The maximum atomic E-state index is 11.3. The van der Waals surface area contributed by atoms with Gasteiger partial charge in [0.2, 0.25) is 5.91 Å². The Morgan fingerprint density at radius 1 is 1.44 bits per heavy atom. The van der Waals surface area contributed by atoms with Crippen molar-refractivity contribution in [3.8, 4) is 0 Å². The number of nitrogens with zero attached hydrogens (tertiary/aromatic N) is 3. The molecule has 0 aromatic heterocycles. The molecule has 0 N–H and O–H groups in total. The second kappa shape index (κ2) is 3.52. The number of aliphatic imine (C=N–C) groups is 1. The van der Waals surface area contributed by atoms with E-state index in [2.05, 4.69) is 22.0 Å². The molecule has 0 atom stereocenters. The molecule has 0 aliphatic carbocycles. The van der Waals surface area contributed by atoms with E-state index in [-0.39, 0.29) is 5.91 Å². The maximum Gasteiger partial charge on any atom is 0.222 e. The van der Waals surface area contributed by atoms with Crippen molar-refractivity contribution in [1.29, 1.82) is 0 Å². The van der Waals surface area contributed by atoms with Crippen molar-refractivity contribution in [1.82, 2.24) is 4.90 Å². The van der Waals surface area contributed by atoms with Crippen molar-refractivity contribution < 1.29 is 4.79 Å². The molecule has 2 aliphatic rings. The molecule has 0 radical (unpaired) electrons. The molecule has 0 spiro atoms. The first kappa shape index (κ1) is 9.72. The standard InChI is InChI=1S/C11H11N3OS/c1-8(15)13-6-12-11-14(7-13)9-4-2-3-5-10(9)16-11/h2-5H,6-7H2,1H3. The summed E-state index contributed by atoms with van der Waals surface area (Å²) in [5, 5.41) is 0.999. The number of hydrogen-bond donors (Lipinski definition) is 0. The SMILES string of the molecule is CC(=O)N1CN=C2Sc3ccccc3N2C1. The number of benzene rings is 1. The lowest BCUT2D eigenvalue weighted by Gasteiger charge is -2.31. The van der Waals surface area contributed by atoms with Gasteiger partial charge in [0.1, 0.15) is 13.3 Å². The number of carbonyl (C=O) groups is 1. The summed E-state index contributed by atoms with van der Waals surface area (Å²) in [7, 11) is 0. The van der Waals surface area contributed by atoms with E-state index in [9.17, 15) is 4.79 Å². The lowest BCUT2D eigenvalue weighted by atomic mass is 10.3. The van der Waals surface area contributed by atoms with E-state index in [4.69, 9.17) is 0 Å². The molecule has 3 rings (SSSR count). The molecule has 0 saturated carbocycles. The number of carbonyl (C=O) groups excluding carboxylic acids is 1. The number of amidine groups is 1. The van der Waals surface area contributed by atoms with Crippen LogP contribution in [-0.2, 0) is 4.79 Å². The summed E-state index contributed by atoms with van der Waals surface area (Å²) in [5.41, 5.74) is 1.15. The first-order valence-corrected chi connectivity index (χ1v) is 5.92. The average Bonchev–Trinajstić information content (AvgIpc) is 2.66. The topological polar surface area (TPSA) is 35.9 Å². The Kier molecular flexibility index (Phi) is 2.14. The number of amides is 1. The molecule has 4 nitrogen and oxygen atoms in total. The monoisotopic (exact) mass is 233 g/mol. The predicted molar refractivity (Wildman–Crippen MR) is 64.5 cm³/mol. The molecule has 82 valence electrons. The molecule has 0 fully saturated rings. The van der Waals surface area contributed by atoms with Crippen molar-refractivity contribution >= 4 is 28.5 Å². The minimum atomic E-state index is 0.0668. The van der Waals surface area contributed by atoms with Crippen LogP contribution in [0.5, 0.6) is 0 Å². The van der Waals surface area contributed by atoms with Crippen LogP contribution in [0.1, 0.15) is 6.92 Å². The normalized spacial score (nSPS) is 17.9. The van der Waals surface area contributed by atoms with Gasteiger partial charge in [-0.15, -0.1) is 0 Å². The predicted octanol–water partition coefficient (Wildman–Crippen LogP) is 1.73. The number of para-hydroxylation sites is 1. The molecule has 0 saturated heterocycles. The Morgan fingerprint density at radius 3 is 3.06 bits per heavy atom. The van der Waals surface area contributed by atoms with Crippen LogP contribution in [0.4, 0.5) is 5.69 Å². The number of hydrogen-bond acceptors (Lipinski definition) is 4. The molecule has 1 aromatic carbocycles. The molecule has 16 heavy (non-hydrogen) atoms. The zero-order chi connectivity index (χ0) is 11.1. The van der Waals surface area contributed by atoms with Crippen LogP contribution >= 0.6 is 11.8 Å². The second-order valence-corrected chi connectivity index (χ2v) is 4.79. The Labute approximate surface area is 97.9 Å². The summed E-state index contributed by atoms with van der Waals surface area (Å²) in [6, 6.07) is 8.18. The van der Waals surface area contributed by atoms with Gasteiger partial charge in [-0.1, -0.05) is 12.1 Å². The van der Waals surface area contributed by atoms with E-state index in [0.29, 0.717) is 13.3 Å². The summed E-state index contributed by atoms with van der Waals surface area (Å²) in [4.78, 5) is 20.8. The molecule has 2 heterocycles. The largest absolute Gasteiger partial charge is 0.305 e. The molecular formula is C11H11N3OS. The molecular weight excluding hydrogens is 222 g/mol. The third-order valence-electron chi connectivity index (χ3n) is 2.72. The lowest BCUT2D eigenvalue weighted by molar-refractivity contribution is -0.128. The van der Waals surface area contributed by atoms with E-state index >= 15 is 0 Å². The van der Waals surface area contributed by atoms with E-state index in [1.54, 1.807) is 23.6 Å². The molecule has 1 aromatic rings. The van der Waals surface area contributed by atoms with Gasteiger partial charge in [-0.05, 0) is 23.9 Å². The van der Waals surface area contributed by atoms with Gasteiger partial charge in [0.15, 0.2) is 5.17 Å². The fourth-order valence-electron chi connectivity index (χ4n) is 1.84. The Hall–Kier alpha value is -1.49. The van der Waals surface area contributed by atoms with Gasteiger partial charge in [0.05, 0.1) is 5.69 Å². The lowest BCUT2D eigenvalue weighted by Crippen LogP contribution is -2.45. The third kappa shape index (κ3) is 1.39. The zero-order valence-corrected chi connectivity index (χ0v) is 9.70. The summed E-state index contributed by atoms with van der Waals surface area (Å²) in [6.45, 7) is 2.66. The van der Waals surface area contributed by atoms with Crippen LogP contribution < -0.4 is 4.90 Å². The average molecular weight is 233 g/mol. The van der Waals surface area contributed by atoms with Crippen LogP contribution in [0.2, 0.25) is 0 Å². The van der Waals surface area contributed by atoms with E-state index in [1.165, 1.54) is 4.90 Å². The molecule has 2 aliphatic heterocycles. The van der Waals surface area contributed by atoms with Crippen molar-refractivity contribution in [2.24, 2.45) is 4.99 Å². The van der Waals surface area contributed by atoms with Gasteiger partial charge in [-0.3, -0.25) is 4.79 Å². The number of rotatable bonds is 0. The fourth-order valence-corrected chi connectivity index (χ4v) is 2.85. The molecule has 1 amide bonds. The van der Waals surface area contributed by atoms with Crippen LogP contribution in [0.25, 0.3) is 0 Å². The minimum Gasteiger partial charge on any atom is -0.305 e. The highest BCUT2D eigenvalue weighted by molar-refractivity contribution is 8.14.